The molecule has 4 aromatic carbocycles. The molecule has 1 amide bonds. The second-order valence-corrected chi connectivity index (χ2v) is 10.6. The number of hydrogen-bond donors (Lipinski definition) is 0. The summed E-state index contributed by atoms with van der Waals surface area (Å²) < 4.78 is 17.6. The summed E-state index contributed by atoms with van der Waals surface area (Å²) in [6.07, 6.45) is 5.09. The lowest BCUT2D eigenvalue weighted by Crippen LogP contribution is -2.34. The van der Waals surface area contributed by atoms with E-state index in [1.807, 2.05) is 80.6 Å². The molecular weight excluding hydrogens is 524 g/mol. The third-order valence-corrected chi connectivity index (χ3v) is 7.86. The van der Waals surface area contributed by atoms with Gasteiger partial charge in [0.2, 0.25) is 0 Å². The number of ether oxygens (including phenoxy) is 3. The molecule has 0 saturated heterocycles. The number of hydrazone groups is 1. The zero-order valence-electron chi connectivity index (χ0n) is 24.2. The Hall–Kier alpha value is -4.58. The number of rotatable bonds is 9. The van der Waals surface area contributed by atoms with Gasteiger partial charge < -0.3 is 14.2 Å². The number of allylic oxidation sites excluding steroid dienone is 1. The molecule has 6 nitrogen and oxygen atoms in total. The molecule has 0 unspecified atom stereocenters. The largest absolute Gasteiger partial charge is 0.494 e. The highest BCUT2D eigenvalue weighted by Crippen LogP contribution is 2.45. The van der Waals surface area contributed by atoms with Crippen LogP contribution in [0.3, 0.4) is 0 Å². The van der Waals surface area contributed by atoms with E-state index in [4.69, 9.17) is 19.3 Å². The molecule has 1 aliphatic heterocycles. The average molecular weight is 561 g/mol. The number of benzene rings is 4. The van der Waals surface area contributed by atoms with Gasteiger partial charge in [0, 0.05) is 5.92 Å². The lowest BCUT2D eigenvalue weighted by molar-refractivity contribution is -0.135. The van der Waals surface area contributed by atoms with Gasteiger partial charge >= 0.3 is 0 Å². The lowest BCUT2D eigenvalue weighted by Gasteiger charge is -2.30. The first-order chi connectivity index (χ1) is 20.6. The Morgan fingerprint density at radius 1 is 0.833 bits per heavy atom. The second kappa shape index (κ2) is 12.5. The fraction of sp³-hybridized carbons (Fsp3) is 0.278. The molecule has 6 heteroatoms. The van der Waals surface area contributed by atoms with Gasteiger partial charge in [-0.05, 0) is 103 Å². The van der Waals surface area contributed by atoms with Crippen LogP contribution in [0.15, 0.2) is 102 Å². The normalized spacial score (nSPS) is 19.0. The average Bonchev–Trinajstić information content (AvgIpc) is 3.41. The van der Waals surface area contributed by atoms with E-state index >= 15 is 0 Å². The van der Waals surface area contributed by atoms with Crippen LogP contribution in [0.5, 0.6) is 17.2 Å². The Kier molecular flexibility index (Phi) is 8.22. The first-order valence-corrected chi connectivity index (χ1v) is 14.8. The third-order valence-electron chi connectivity index (χ3n) is 7.86. The van der Waals surface area contributed by atoms with Crippen molar-refractivity contribution >= 4 is 28.5 Å². The topological polar surface area (TPSA) is 60.4 Å². The fourth-order valence-corrected chi connectivity index (χ4v) is 6.03. The monoisotopic (exact) mass is 560 g/mol. The zero-order valence-corrected chi connectivity index (χ0v) is 24.2. The molecule has 1 saturated carbocycles. The highest BCUT2D eigenvalue weighted by atomic mass is 16.5. The van der Waals surface area contributed by atoms with Crippen molar-refractivity contribution in [3.63, 3.8) is 0 Å². The van der Waals surface area contributed by atoms with E-state index in [2.05, 4.69) is 30.3 Å². The van der Waals surface area contributed by atoms with Crippen molar-refractivity contribution in [3.8, 4) is 17.2 Å². The summed E-state index contributed by atoms with van der Waals surface area (Å²) in [4.78, 5) is 13.8. The van der Waals surface area contributed by atoms with Gasteiger partial charge in [0.05, 0.1) is 25.0 Å². The van der Waals surface area contributed by atoms with Crippen LogP contribution >= 0.6 is 0 Å². The smallest absolute Gasteiger partial charge is 0.281 e. The van der Waals surface area contributed by atoms with E-state index < -0.39 is 0 Å². The summed E-state index contributed by atoms with van der Waals surface area (Å²) in [5.74, 6) is 2.22. The van der Waals surface area contributed by atoms with Gasteiger partial charge in [-0.15, -0.1) is 0 Å². The van der Waals surface area contributed by atoms with Crippen LogP contribution in [-0.2, 0) is 4.79 Å². The summed E-state index contributed by atoms with van der Waals surface area (Å²) in [6, 6.07) is 30.0. The second-order valence-electron chi connectivity index (χ2n) is 10.6. The molecule has 4 aromatic rings. The number of fused-ring (bicyclic) bond motifs is 2. The van der Waals surface area contributed by atoms with E-state index in [9.17, 15) is 4.79 Å². The van der Waals surface area contributed by atoms with Crippen LogP contribution in [0.2, 0.25) is 0 Å². The first kappa shape index (κ1) is 27.6. The Morgan fingerprint density at radius 2 is 1.57 bits per heavy atom. The molecule has 0 radical (unpaired) electrons. The number of nitrogens with zero attached hydrogens (tertiary/aromatic N) is 2. The SMILES string of the molecule is CCOc1cccc(/C=C2/CCC[C@@H]3C2=NN(C(=O)COc2ccc4ccccc4c2)[C@H]3c2cccc(OCC)c2)c1. The van der Waals surface area contributed by atoms with E-state index in [-0.39, 0.29) is 24.5 Å². The van der Waals surface area contributed by atoms with Gasteiger partial charge in [-0.1, -0.05) is 54.6 Å². The molecule has 1 heterocycles. The molecular formula is C36H36N2O4. The maximum Gasteiger partial charge on any atom is 0.281 e. The van der Waals surface area contributed by atoms with Gasteiger partial charge in [0.25, 0.3) is 5.91 Å². The third kappa shape index (κ3) is 5.89. The quantitative estimate of drug-likeness (QED) is 0.209. The van der Waals surface area contributed by atoms with Crippen molar-refractivity contribution in [2.45, 2.75) is 39.2 Å². The van der Waals surface area contributed by atoms with Gasteiger partial charge in [0.15, 0.2) is 6.61 Å². The molecule has 1 fully saturated rings. The first-order valence-electron chi connectivity index (χ1n) is 14.8. The van der Waals surface area contributed by atoms with Crippen molar-refractivity contribution in [2.24, 2.45) is 11.0 Å². The molecule has 2 aliphatic rings. The minimum absolute atomic E-state index is 0.0848. The van der Waals surface area contributed by atoms with E-state index in [0.717, 1.165) is 63.9 Å². The molecule has 6 rings (SSSR count). The maximum absolute atomic E-state index is 13.8. The standard InChI is InChI=1S/C36H36N2O4/c1-3-40-30-15-7-10-25(21-30)20-28-13-9-17-33-35(28)37-38(36(33)29-14-8-16-31(23-29)41-4-2)34(39)24-42-32-19-18-26-11-5-6-12-27(26)22-32/h5-8,10-12,14-16,18-23,33,36H,3-4,9,13,17,24H2,1-2H3/b28-20-/t33-,36+/m1/s1. The molecule has 0 bridgehead atoms. The van der Waals surface area contributed by atoms with Crippen molar-refractivity contribution in [1.82, 2.24) is 5.01 Å². The highest BCUT2D eigenvalue weighted by molar-refractivity contribution is 6.08. The maximum atomic E-state index is 13.8. The van der Waals surface area contributed by atoms with Crippen LogP contribution in [-0.4, -0.2) is 36.4 Å². The van der Waals surface area contributed by atoms with Crippen LogP contribution in [0.25, 0.3) is 16.8 Å². The molecule has 214 valence electrons. The highest BCUT2D eigenvalue weighted by Gasteiger charge is 2.44. The minimum Gasteiger partial charge on any atom is -0.494 e. The number of hydrogen-bond acceptors (Lipinski definition) is 5. The summed E-state index contributed by atoms with van der Waals surface area (Å²) in [5, 5.41) is 8.88. The predicted octanol–water partition coefficient (Wildman–Crippen LogP) is 7.84. The van der Waals surface area contributed by atoms with Crippen molar-refractivity contribution < 1.29 is 19.0 Å². The molecule has 1 aliphatic carbocycles. The summed E-state index contributed by atoms with van der Waals surface area (Å²) >= 11 is 0. The Morgan fingerprint density at radius 3 is 2.38 bits per heavy atom. The Bertz CT molecular complexity index is 1640. The Balaban J connectivity index is 1.31. The van der Waals surface area contributed by atoms with Gasteiger partial charge in [-0.2, -0.15) is 5.10 Å². The number of amides is 1. The molecule has 2 atom stereocenters. The van der Waals surface area contributed by atoms with Crippen molar-refractivity contribution in [2.75, 3.05) is 19.8 Å². The fourth-order valence-electron chi connectivity index (χ4n) is 6.03. The zero-order chi connectivity index (χ0) is 28.9. The molecule has 0 aromatic heterocycles. The van der Waals surface area contributed by atoms with Crippen LogP contribution in [0.1, 0.15) is 50.3 Å². The van der Waals surface area contributed by atoms with Gasteiger partial charge in [0.1, 0.15) is 17.2 Å². The van der Waals surface area contributed by atoms with Crippen LogP contribution in [0.4, 0.5) is 0 Å². The number of carbonyl (C=O) groups is 1. The van der Waals surface area contributed by atoms with Crippen molar-refractivity contribution in [3.05, 3.63) is 108 Å². The number of carbonyl (C=O) groups excluding carboxylic acids is 1. The molecule has 42 heavy (non-hydrogen) atoms. The van der Waals surface area contributed by atoms with E-state index in [1.165, 1.54) is 0 Å². The molecule has 0 N–H and O–H groups in total. The predicted molar refractivity (Wildman–Crippen MR) is 167 cm³/mol. The van der Waals surface area contributed by atoms with Crippen LogP contribution in [0, 0.1) is 5.92 Å². The van der Waals surface area contributed by atoms with E-state index in [1.54, 1.807) is 5.01 Å². The lowest BCUT2D eigenvalue weighted by atomic mass is 9.77. The van der Waals surface area contributed by atoms with Gasteiger partial charge in [-0.25, -0.2) is 5.01 Å². The van der Waals surface area contributed by atoms with Gasteiger partial charge in [-0.3, -0.25) is 4.79 Å². The summed E-state index contributed by atoms with van der Waals surface area (Å²) in [5.41, 5.74) is 4.23. The van der Waals surface area contributed by atoms with Crippen LogP contribution < -0.4 is 14.2 Å². The van der Waals surface area contributed by atoms with E-state index in [0.29, 0.717) is 19.0 Å². The minimum atomic E-state index is -0.230. The summed E-state index contributed by atoms with van der Waals surface area (Å²) in [6.45, 7) is 5.06. The molecule has 0 spiro atoms. The summed E-state index contributed by atoms with van der Waals surface area (Å²) in [7, 11) is 0. The Labute approximate surface area is 247 Å². The van der Waals surface area contributed by atoms with Crippen molar-refractivity contribution in [1.29, 1.82) is 0 Å².